The number of hydrogen-bond acceptors (Lipinski definition) is 5. The van der Waals surface area contributed by atoms with Crippen LogP contribution in [0.2, 0.25) is 0 Å². The van der Waals surface area contributed by atoms with Gasteiger partial charge in [-0.15, -0.1) is 0 Å². The predicted octanol–water partition coefficient (Wildman–Crippen LogP) is 5.52. The highest BCUT2D eigenvalue weighted by atomic mass is 16.5. The zero-order valence-electron chi connectivity index (χ0n) is 25.1. The third kappa shape index (κ3) is 8.20. The van der Waals surface area contributed by atoms with Crippen LogP contribution in [0.15, 0.2) is 60.7 Å². The van der Waals surface area contributed by atoms with Crippen LogP contribution in [-0.2, 0) is 20.7 Å². The van der Waals surface area contributed by atoms with E-state index in [-0.39, 0.29) is 35.9 Å². The van der Waals surface area contributed by atoms with E-state index in [2.05, 4.69) is 41.8 Å². The normalized spacial score (nSPS) is 24.7. The minimum absolute atomic E-state index is 0.0116. The summed E-state index contributed by atoms with van der Waals surface area (Å²) in [6.07, 6.45) is 9.59. The van der Waals surface area contributed by atoms with Crippen LogP contribution in [0.1, 0.15) is 81.2 Å². The average molecular weight is 562 g/mol. The SMILES string of the molecule is CCCCC(C)C(=O)N(C)C1C/C=C/COC2CC(NCCC(Cc3ccccc3)NC1=O)c1cc(OC)ccc12. The summed E-state index contributed by atoms with van der Waals surface area (Å²) in [4.78, 5) is 28.8. The van der Waals surface area contributed by atoms with Gasteiger partial charge in [-0.3, -0.25) is 9.59 Å². The van der Waals surface area contributed by atoms with Gasteiger partial charge in [0.25, 0.3) is 0 Å². The smallest absolute Gasteiger partial charge is 0.243 e. The number of fused-ring (bicyclic) bond motifs is 5. The number of nitrogens with zero attached hydrogens (tertiary/aromatic N) is 1. The lowest BCUT2D eigenvalue weighted by atomic mass is 10.00. The Balaban J connectivity index is 1.57. The molecule has 2 bridgehead atoms. The Morgan fingerprint density at radius 2 is 1.95 bits per heavy atom. The molecule has 7 nitrogen and oxygen atoms in total. The Morgan fingerprint density at radius 1 is 1.15 bits per heavy atom. The monoisotopic (exact) mass is 561 g/mol. The molecule has 41 heavy (non-hydrogen) atoms. The van der Waals surface area contributed by atoms with Crippen LogP contribution in [0.25, 0.3) is 0 Å². The summed E-state index contributed by atoms with van der Waals surface area (Å²) in [6, 6.07) is 16.0. The summed E-state index contributed by atoms with van der Waals surface area (Å²) < 4.78 is 11.8. The highest BCUT2D eigenvalue weighted by Crippen LogP contribution is 2.42. The molecule has 1 aliphatic heterocycles. The van der Waals surface area contributed by atoms with E-state index in [4.69, 9.17) is 9.47 Å². The molecule has 5 unspecified atom stereocenters. The Morgan fingerprint density at radius 3 is 2.71 bits per heavy atom. The maximum atomic E-state index is 13.8. The van der Waals surface area contributed by atoms with Gasteiger partial charge in [0, 0.05) is 25.0 Å². The number of amides is 2. The zero-order valence-corrected chi connectivity index (χ0v) is 25.1. The van der Waals surface area contributed by atoms with Crippen molar-refractivity contribution in [2.45, 2.75) is 83.0 Å². The molecule has 0 radical (unpaired) electrons. The molecule has 1 heterocycles. The fourth-order valence-electron chi connectivity index (χ4n) is 5.99. The lowest BCUT2D eigenvalue weighted by Crippen LogP contribution is -2.52. The number of likely N-dealkylation sites (N-methyl/N-ethyl adjacent to an activating group) is 1. The molecule has 2 aliphatic rings. The minimum atomic E-state index is -0.580. The van der Waals surface area contributed by atoms with Crippen LogP contribution >= 0.6 is 0 Å². The lowest BCUT2D eigenvalue weighted by Gasteiger charge is -2.31. The molecule has 2 N–H and O–H groups in total. The molecule has 2 aromatic carbocycles. The summed E-state index contributed by atoms with van der Waals surface area (Å²) in [5.41, 5.74) is 3.59. The van der Waals surface area contributed by atoms with Gasteiger partial charge >= 0.3 is 0 Å². The second-order valence-corrected chi connectivity index (χ2v) is 11.5. The number of hydrogen-bond donors (Lipinski definition) is 2. The maximum absolute atomic E-state index is 13.8. The minimum Gasteiger partial charge on any atom is -0.497 e. The van der Waals surface area contributed by atoms with Crippen molar-refractivity contribution in [3.8, 4) is 5.75 Å². The van der Waals surface area contributed by atoms with Crippen LogP contribution < -0.4 is 15.4 Å². The van der Waals surface area contributed by atoms with Crippen LogP contribution in [0.5, 0.6) is 5.75 Å². The predicted molar refractivity (Wildman–Crippen MR) is 163 cm³/mol. The third-order valence-electron chi connectivity index (χ3n) is 8.47. The van der Waals surface area contributed by atoms with E-state index >= 15 is 0 Å². The standard InChI is InChI=1S/C34H47N3O4/c1-5-6-12-24(2)34(39)37(3)31-15-10-11-20-41-32-23-30(29-22-27(40-4)16-17-28(29)32)35-19-18-26(36-33(31)38)21-25-13-8-7-9-14-25/h7-11,13-14,16-17,22,24,26,30-32,35H,5-6,12,15,18-21,23H2,1-4H3,(H,36,38)/b11-10+. The van der Waals surface area contributed by atoms with Crippen LogP contribution in [0.3, 0.4) is 0 Å². The Labute approximate surface area is 245 Å². The quantitative estimate of drug-likeness (QED) is 0.415. The van der Waals surface area contributed by atoms with Crippen molar-refractivity contribution in [1.29, 1.82) is 0 Å². The Kier molecular flexibility index (Phi) is 11.4. The Hall–Kier alpha value is -3.16. The van der Waals surface area contributed by atoms with Gasteiger partial charge in [-0.2, -0.15) is 0 Å². The van der Waals surface area contributed by atoms with E-state index in [9.17, 15) is 9.59 Å². The first-order valence-electron chi connectivity index (χ1n) is 15.2. The Bertz CT molecular complexity index is 1170. The molecule has 4 rings (SSSR count). The van der Waals surface area contributed by atoms with E-state index in [0.29, 0.717) is 13.0 Å². The molecular formula is C34H47N3O4. The number of carbonyl (C=O) groups is 2. The first-order valence-corrected chi connectivity index (χ1v) is 15.2. The highest BCUT2D eigenvalue weighted by Gasteiger charge is 2.33. The van der Waals surface area contributed by atoms with Crippen molar-refractivity contribution in [3.05, 3.63) is 77.4 Å². The second-order valence-electron chi connectivity index (χ2n) is 11.5. The van der Waals surface area contributed by atoms with Gasteiger partial charge in [0.2, 0.25) is 11.8 Å². The lowest BCUT2D eigenvalue weighted by molar-refractivity contribution is -0.142. The maximum Gasteiger partial charge on any atom is 0.243 e. The fraction of sp³-hybridized carbons (Fsp3) is 0.529. The third-order valence-corrected chi connectivity index (χ3v) is 8.47. The number of nitrogens with one attached hydrogen (secondary N) is 2. The molecule has 0 saturated carbocycles. The molecule has 2 aromatic rings. The first kappa shape index (κ1) is 30.8. The van der Waals surface area contributed by atoms with Gasteiger partial charge < -0.3 is 25.0 Å². The highest BCUT2D eigenvalue weighted by molar-refractivity contribution is 5.88. The van der Waals surface area contributed by atoms with Gasteiger partial charge in [0.05, 0.1) is 19.8 Å². The van der Waals surface area contributed by atoms with Crippen molar-refractivity contribution in [3.63, 3.8) is 0 Å². The molecule has 222 valence electrons. The average Bonchev–Trinajstić information content (AvgIpc) is 3.33. The van der Waals surface area contributed by atoms with Crippen molar-refractivity contribution in [2.75, 3.05) is 27.3 Å². The van der Waals surface area contributed by atoms with Crippen molar-refractivity contribution < 1.29 is 19.1 Å². The number of carbonyl (C=O) groups excluding carboxylic acids is 2. The topological polar surface area (TPSA) is 79.9 Å². The second kappa shape index (κ2) is 15.2. The van der Waals surface area contributed by atoms with E-state index in [1.54, 1.807) is 19.1 Å². The number of methoxy groups -OCH3 is 1. The van der Waals surface area contributed by atoms with E-state index in [0.717, 1.165) is 50.8 Å². The van der Waals surface area contributed by atoms with Crippen molar-refractivity contribution in [2.24, 2.45) is 5.92 Å². The molecule has 5 atom stereocenters. The van der Waals surface area contributed by atoms with Crippen molar-refractivity contribution >= 4 is 11.8 Å². The van der Waals surface area contributed by atoms with E-state index < -0.39 is 6.04 Å². The molecule has 0 fully saturated rings. The molecule has 2 amide bonds. The number of ether oxygens (including phenoxy) is 2. The van der Waals surface area contributed by atoms with Crippen LogP contribution in [0, 0.1) is 5.92 Å². The summed E-state index contributed by atoms with van der Waals surface area (Å²) in [7, 11) is 3.46. The largest absolute Gasteiger partial charge is 0.497 e. The molecule has 0 spiro atoms. The summed E-state index contributed by atoms with van der Waals surface area (Å²) in [5.74, 6) is 0.636. The van der Waals surface area contributed by atoms with Crippen LogP contribution in [-0.4, -0.2) is 56.1 Å². The summed E-state index contributed by atoms with van der Waals surface area (Å²) in [6.45, 7) is 5.27. The van der Waals surface area contributed by atoms with Crippen molar-refractivity contribution in [1.82, 2.24) is 15.5 Å². The molecule has 0 aromatic heterocycles. The van der Waals surface area contributed by atoms with E-state index in [1.807, 2.05) is 43.3 Å². The fourth-order valence-corrected chi connectivity index (χ4v) is 5.99. The molecule has 1 aliphatic carbocycles. The van der Waals surface area contributed by atoms with Crippen LogP contribution in [0.4, 0.5) is 0 Å². The number of rotatable bonds is 8. The molecular weight excluding hydrogens is 514 g/mol. The van der Waals surface area contributed by atoms with Gasteiger partial charge in [-0.05, 0) is 67.5 Å². The van der Waals surface area contributed by atoms with Gasteiger partial charge in [-0.1, -0.05) is 75.2 Å². The summed E-state index contributed by atoms with van der Waals surface area (Å²) in [5, 5.41) is 7.06. The van der Waals surface area contributed by atoms with Gasteiger partial charge in [0.15, 0.2) is 0 Å². The number of benzene rings is 2. The van der Waals surface area contributed by atoms with Gasteiger partial charge in [-0.25, -0.2) is 0 Å². The number of unbranched alkanes of at least 4 members (excludes halogenated alkanes) is 1. The zero-order chi connectivity index (χ0) is 29.2. The molecule has 0 saturated heterocycles. The van der Waals surface area contributed by atoms with E-state index in [1.165, 1.54) is 16.7 Å². The first-order chi connectivity index (χ1) is 19.9. The summed E-state index contributed by atoms with van der Waals surface area (Å²) >= 11 is 0. The van der Waals surface area contributed by atoms with Gasteiger partial charge in [0.1, 0.15) is 11.8 Å². The molecule has 7 heteroatoms.